The van der Waals surface area contributed by atoms with Crippen LogP contribution in [0.4, 0.5) is 14.5 Å². The maximum absolute atomic E-state index is 15.0. The third-order valence-electron chi connectivity index (χ3n) is 5.57. The van der Waals surface area contributed by atoms with Gasteiger partial charge in [-0.15, -0.1) is 0 Å². The Kier molecular flexibility index (Phi) is 6.80. The summed E-state index contributed by atoms with van der Waals surface area (Å²) in [4.78, 5) is 27.8. The molecule has 1 saturated heterocycles. The first-order valence-electron chi connectivity index (χ1n) is 10.7. The van der Waals surface area contributed by atoms with E-state index in [1.54, 1.807) is 10.6 Å². The van der Waals surface area contributed by atoms with E-state index in [0.717, 1.165) is 5.56 Å². The second-order valence-electron chi connectivity index (χ2n) is 7.70. The van der Waals surface area contributed by atoms with Gasteiger partial charge in [-0.1, -0.05) is 30.3 Å². The molecule has 1 aliphatic heterocycles. The van der Waals surface area contributed by atoms with E-state index in [1.165, 1.54) is 12.3 Å². The average molecular weight is 441 g/mol. The summed E-state index contributed by atoms with van der Waals surface area (Å²) in [6.07, 6.45) is 1.66. The van der Waals surface area contributed by atoms with Gasteiger partial charge in [0.05, 0.1) is 31.1 Å². The number of alkyl halides is 1. The number of aryl methyl sites for hydroxylation is 1. The number of benzene rings is 2. The molecule has 1 amide bonds. The van der Waals surface area contributed by atoms with Gasteiger partial charge < -0.3 is 19.5 Å². The minimum atomic E-state index is -0.549. The quantitative estimate of drug-likeness (QED) is 0.611. The maximum atomic E-state index is 15.0. The van der Waals surface area contributed by atoms with Crippen LogP contribution in [-0.2, 0) is 17.8 Å². The number of rotatable bonds is 7. The number of carbonyl (C=O) groups is 1. The van der Waals surface area contributed by atoms with Crippen LogP contribution in [0.3, 0.4) is 0 Å². The van der Waals surface area contributed by atoms with Gasteiger partial charge in [-0.05, 0) is 24.1 Å². The predicted octanol–water partition coefficient (Wildman–Crippen LogP) is 3.27. The van der Waals surface area contributed by atoms with Crippen LogP contribution in [-0.4, -0.2) is 43.5 Å². The molecule has 4 rings (SSSR count). The molecule has 0 radical (unpaired) electrons. The summed E-state index contributed by atoms with van der Waals surface area (Å²) in [5.41, 5.74) is 1.10. The fraction of sp³-hybridized carbons (Fsp3) is 0.333. The molecular formula is C24H25F2N3O3. The first kappa shape index (κ1) is 22.0. The Morgan fingerprint density at radius 2 is 1.88 bits per heavy atom. The summed E-state index contributed by atoms with van der Waals surface area (Å²) >= 11 is 0. The zero-order valence-corrected chi connectivity index (χ0v) is 17.7. The molecule has 0 aliphatic carbocycles. The van der Waals surface area contributed by atoms with Gasteiger partial charge in [-0.25, -0.2) is 4.39 Å². The lowest BCUT2D eigenvalue weighted by molar-refractivity contribution is 0.0949. The highest BCUT2D eigenvalue weighted by Crippen LogP contribution is 2.26. The Labute approximate surface area is 184 Å². The third kappa shape index (κ3) is 4.65. The predicted molar refractivity (Wildman–Crippen MR) is 119 cm³/mol. The number of nitrogens with zero attached hydrogens (tertiary/aromatic N) is 2. The molecule has 0 atom stereocenters. The maximum Gasteiger partial charge on any atom is 0.257 e. The molecule has 0 bridgehead atoms. The van der Waals surface area contributed by atoms with Crippen molar-refractivity contribution in [3.05, 3.63) is 75.8 Å². The molecule has 0 spiro atoms. The molecule has 1 N–H and O–H groups in total. The molecule has 1 aliphatic rings. The lowest BCUT2D eigenvalue weighted by Gasteiger charge is -2.29. The van der Waals surface area contributed by atoms with Crippen molar-refractivity contribution in [1.82, 2.24) is 9.88 Å². The monoisotopic (exact) mass is 441 g/mol. The molecule has 8 heteroatoms. The van der Waals surface area contributed by atoms with Crippen LogP contribution in [0.5, 0.6) is 0 Å². The van der Waals surface area contributed by atoms with Crippen molar-refractivity contribution in [2.75, 3.05) is 37.9 Å². The van der Waals surface area contributed by atoms with E-state index in [9.17, 15) is 18.4 Å². The molecule has 32 heavy (non-hydrogen) atoms. The first-order chi connectivity index (χ1) is 15.6. The second-order valence-corrected chi connectivity index (χ2v) is 7.70. The summed E-state index contributed by atoms with van der Waals surface area (Å²) in [6, 6.07) is 12.1. The summed E-state index contributed by atoms with van der Waals surface area (Å²) in [7, 11) is 0. The van der Waals surface area contributed by atoms with Crippen LogP contribution in [0.1, 0.15) is 22.3 Å². The van der Waals surface area contributed by atoms with Gasteiger partial charge in [-0.2, -0.15) is 0 Å². The number of nitrogens with one attached hydrogen (secondary N) is 1. The summed E-state index contributed by atoms with van der Waals surface area (Å²) in [5.74, 6) is -1.08. The molecule has 168 valence electrons. The summed E-state index contributed by atoms with van der Waals surface area (Å²) in [5, 5.41) is 2.84. The Bertz CT molecular complexity index is 1160. The lowest BCUT2D eigenvalue weighted by atomic mass is 10.1. The molecule has 0 unspecified atom stereocenters. The number of carbonyl (C=O) groups excluding carboxylic acids is 1. The Balaban J connectivity index is 1.73. The van der Waals surface area contributed by atoms with E-state index in [2.05, 4.69) is 5.32 Å². The zero-order chi connectivity index (χ0) is 22.5. The Hall–Kier alpha value is -3.26. The largest absolute Gasteiger partial charge is 0.378 e. The number of anilines is 1. The van der Waals surface area contributed by atoms with Crippen molar-refractivity contribution >= 4 is 22.5 Å². The molecule has 3 aromatic rings. The lowest BCUT2D eigenvalue weighted by Crippen LogP contribution is -2.37. The third-order valence-corrected chi connectivity index (χ3v) is 5.57. The van der Waals surface area contributed by atoms with Crippen molar-refractivity contribution in [1.29, 1.82) is 0 Å². The Morgan fingerprint density at radius 3 is 2.59 bits per heavy atom. The van der Waals surface area contributed by atoms with E-state index in [1.807, 2.05) is 35.2 Å². The zero-order valence-electron chi connectivity index (χ0n) is 17.7. The van der Waals surface area contributed by atoms with Crippen LogP contribution in [0.25, 0.3) is 10.9 Å². The van der Waals surface area contributed by atoms with Crippen LogP contribution in [0.15, 0.2) is 53.5 Å². The van der Waals surface area contributed by atoms with Crippen molar-refractivity contribution in [3.8, 4) is 0 Å². The highest BCUT2D eigenvalue weighted by molar-refractivity contribution is 5.97. The van der Waals surface area contributed by atoms with Crippen molar-refractivity contribution in [2.45, 2.75) is 19.5 Å². The van der Waals surface area contributed by atoms with E-state index >= 15 is 0 Å². The van der Waals surface area contributed by atoms with Gasteiger partial charge in [0.15, 0.2) is 0 Å². The fourth-order valence-electron chi connectivity index (χ4n) is 3.90. The topological polar surface area (TPSA) is 63.6 Å². The SMILES string of the molecule is O=C(NCc1ccccc1)c1cn(CCCF)c2cc(N3CCOCC3)c(F)cc2c1=O. The molecule has 1 fully saturated rings. The number of ether oxygens (including phenoxy) is 1. The number of halogens is 2. The molecule has 6 nitrogen and oxygen atoms in total. The average Bonchev–Trinajstić information content (AvgIpc) is 2.83. The highest BCUT2D eigenvalue weighted by Gasteiger charge is 2.21. The highest BCUT2D eigenvalue weighted by atomic mass is 19.1. The minimum Gasteiger partial charge on any atom is -0.378 e. The van der Waals surface area contributed by atoms with E-state index < -0.39 is 23.8 Å². The van der Waals surface area contributed by atoms with Crippen molar-refractivity contribution in [3.63, 3.8) is 0 Å². The molecular weight excluding hydrogens is 416 g/mol. The number of amides is 1. The van der Waals surface area contributed by atoms with Crippen LogP contribution < -0.4 is 15.6 Å². The number of pyridine rings is 1. The second kappa shape index (κ2) is 9.91. The van der Waals surface area contributed by atoms with Crippen LogP contribution in [0.2, 0.25) is 0 Å². The Morgan fingerprint density at radius 1 is 1.12 bits per heavy atom. The summed E-state index contributed by atoms with van der Waals surface area (Å²) < 4.78 is 34.9. The van der Waals surface area contributed by atoms with Crippen LogP contribution >= 0.6 is 0 Å². The van der Waals surface area contributed by atoms with E-state index in [-0.39, 0.29) is 30.5 Å². The first-order valence-corrected chi connectivity index (χ1v) is 10.7. The van der Waals surface area contributed by atoms with Gasteiger partial charge in [0.25, 0.3) is 5.91 Å². The summed E-state index contributed by atoms with van der Waals surface area (Å²) in [6.45, 7) is 2.04. The van der Waals surface area contributed by atoms with Gasteiger partial charge >= 0.3 is 0 Å². The van der Waals surface area contributed by atoms with Crippen molar-refractivity contribution in [2.24, 2.45) is 0 Å². The van der Waals surface area contributed by atoms with E-state index in [0.29, 0.717) is 37.5 Å². The smallest absolute Gasteiger partial charge is 0.257 e. The molecule has 2 aromatic carbocycles. The number of aromatic nitrogens is 1. The standard InChI is InChI=1S/C24H25F2N3O3/c25-7-4-8-29-16-19(24(31)27-15-17-5-2-1-3-6-17)23(30)18-13-20(26)22(14-21(18)29)28-9-11-32-12-10-28/h1-3,5-6,13-14,16H,4,7-12,15H2,(H,27,31). The van der Waals surface area contributed by atoms with Gasteiger partial charge in [-0.3, -0.25) is 14.0 Å². The van der Waals surface area contributed by atoms with Crippen molar-refractivity contribution < 1.29 is 18.3 Å². The molecule has 2 heterocycles. The van der Waals surface area contributed by atoms with E-state index in [4.69, 9.17) is 4.74 Å². The van der Waals surface area contributed by atoms with Crippen LogP contribution in [0, 0.1) is 5.82 Å². The number of hydrogen-bond acceptors (Lipinski definition) is 4. The number of morpholine rings is 1. The molecule has 1 aromatic heterocycles. The number of fused-ring (bicyclic) bond motifs is 1. The minimum absolute atomic E-state index is 0.0918. The fourth-order valence-corrected chi connectivity index (χ4v) is 3.90. The van der Waals surface area contributed by atoms with Gasteiger partial charge in [0, 0.05) is 37.8 Å². The molecule has 0 saturated carbocycles. The normalized spacial score (nSPS) is 14.0. The van der Waals surface area contributed by atoms with Gasteiger partial charge in [0.1, 0.15) is 11.4 Å². The number of hydrogen-bond donors (Lipinski definition) is 1. The van der Waals surface area contributed by atoms with Gasteiger partial charge in [0.2, 0.25) is 5.43 Å².